The number of carbonyl (C=O) groups excluding carboxylic acids is 1. The lowest BCUT2D eigenvalue weighted by molar-refractivity contribution is -0.142. The Bertz CT molecular complexity index is 723. The normalized spacial score (nSPS) is 20.5. The monoisotopic (exact) mass is 317 g/mol. The summed E-state index contributed by atoms with van der Waals surface area (Å²) in [5.74, 6) is 0.205. The van der Waals surface area contributed by atoms with Gasteiger partial charge in [0.05, 0.1) is 0 Å². The van der Waals surface area contributed by atoms with Gasteiger partial charge >= 0.3 is 0 Å². The highest BCUT2D eigenvalue weighted by Gasteiger charge is 2.45. The number of aromatic nitrogens is 1. The molecule has 1 aromatic carbocycles. The average molecular weight is 318 g/mol. The molecule has 1 N–H and O–H groups in total. The van der Waals surface area contributed by atoms with Crippen LogP contribution < -0.4 is 4.90 Å². The van der Waals surface area contributed by atoms with E-state index in [0.717, 1.165) is 49.6 Å². The summed E-state index contributed by atoms with van der Waals surface area (Å²) in [5, 5.41) is 2.01. The first-order valence-corrected chi connectivity index (χ1v) is 8.21. The average Bonchev–Trinajstić information content (AvgIpc) is 2.92. The molecule has 2 saturated heterocycles. The van der Waals surface area contributed by atoms with Crippen LogP contribution in [0.2, 0.25) is 5.02 Å². The smallest absolute Gasteiger partial charge is 0.219 e. The van der Waals surface area contributed by atoms with Crippen LogP contribution in [0.1, 0.15) is 19.8 Å². The molecule has 2 aromatic rings. The second kappa shape index (κ2) is 4.92. The third-order valence-corrected chi connectivity index (χ3v) is 5.49. The number of amides is 1. The molecule has 0 unspecified atom stereocenters. The van der Waals surface area contributed by atoms with E-state index < -0.39 is 0 Å². The molecule has 4 nitrogen and oxygen atoms in total. The molecule has 0 atom stereocenters. The Morgan fingerprint density at radius 3 is 2.68 bits per heavy atom. The first-order valence-electron chi connectivity index (χ1n) is 7.83. The molecule has 2 aliphatic heterocycles. The molecule has 1 amide bonds. The molecule has 0 radical (unpaired) electrons. The predicted octanol–water partition coefficient (Wildman–Crippen LogP) is 3.27. The van der Waals surface area contributed by atoms with Crippen LogP contribution in [-0.2, 0) is 4.79 Å². The Balaban J connectivity index is 1.52. The summed E-state index contributed by atoms with van der Waals surface area (Å²) in [4.78, 5) is 19.0. The number of piperidine rings is 1. The summed E-state index contributed by atoms with van der Waals surface area (Å²) in [6.07, 6.45) is 4.26. The molecule has 116 valence electrons. The Kier molecular flexibility index (Phi) is 3.12. The van der Waals surface area contributed by atoms with Crippen LogP contribution in [0.25, 0.3) is 10.9 Å². The number of benzene rings is 1. The molecule has 5 heteroatoms. The zero-order valence-electron chi connectivity index (χ0n) is 12.7. The number of fused-ring (bicyclic) bond motifs is 1. The number of rotatable bonds is 1. The second-order valence-corrected chi connectivity index (χ2v) is 7.16. The number of halogens is 1. The van der Waals surface area contributed by atoms with Crippen molar-refractivity contribution in [3.8, 4) is 0 Å². The van der Waals surface area contributed by atoms with Gasteiger partial charge in [0, 0.05) is 66.3 Å². The SMILES string of the molecule is CC(=O)N1CC2(CCN(c3cc(Cl)cc4[nH]ccc34)CC2)C1. The molecule has 0 aliphatic carbocycles. The van der Waals surface area contributed by atoms with Gasteiger partial charge < -0.3 is 14.8 Å². The summed E-state index contributed by atoms with van der Waals surface area (Å²) < 4.78 is 0. The maximum atomic E-state index is 11.4. The quantitative estimate of drug-likeness (QED) is 0.877. The number of hydrogen-bond donors (Lipinski definition) is 1. The summed E-state index contributed by atoms with van der Waals surface area (Å²) in [5.41, 5.74) is 2.67. The molecule has 1 spiro atoms. The van der Waals surface area contributed by atoms with Crippen LogP contribution in [0.4, 0.5) is 5.69 Å². The molecule has 0 saturated carbocycles. The molecule has 3 heterocycles. The standard InChI is InChI=1S/C17H20ClN3O/c1-12(22)21-10-17(11-21)3-6-20(7-4-17)16-9-13(18)8-15-14(16)2-5-19-15/h2,5,8-9,19H,3-4,6-7,10-11H2,1H3. The van der Waals surface area contributed by atoms with Crippen molar-refractivity contribution in [2.75, 3.05) is 31.1 Å². The van der Waals surface area contributed by atoms with E-state index in [1.807, 2.05) is 17.2 Å². The zero-order valence-corrected chi connectivity index (χ0v) is 13.5. The van der Waals surface area contributed by atoms with Gasteiger partial charge in [-0.15, -0.1) is 0 Å². The second-order valence-electron chi connectivity index (χ2n) is 6.73. The number of likely N-dealkylation sites (tertiary alicyclic amines) is 1. The minimum Gasteiger partial charge on any atom is -0.371 e. The van der Waals surface area contributed by atoms with E-state index in [0.29, 0.717) is 5.41 Å². The maximum absolute atomic E-state index is 11.4. The van der Waals surface area contributed by atoms with Crippen LogP contribution in [0.5, 0.6) is 0 Å². The van der Waals surface area contributed by atoms with Gasteiger partial charge in [0.15, 0.2) is 0 Å². The van der Waals surface area contributed by atoms with Crippen molar-refractivity contribution in [1.82, 2.24) is 9.88 Å². The summed E-state index contributed by atoms with van der Waals surface area (Å²) >= 11 is 6.26. The van der Waals surface area contributed by atoms with Gasteiger partial charge in [0.1, 0.15) is 0 Å². The van der Waals surface area contributed by atoms with E-state index in [9.17, 15) is 4.79 Å². The van der Waals surface area contributed by atoms with Crippen molar-refractivity contribution in [3.05, 3.63) is 29.4 Å². The lowest BCUT2D eigenvalue weighted by atomic mass is 9.72. The van der Waals surface area contributed by atoms with Crippen LogP contribution in [-0.4, -0.2) is 42.0 Å². The Hall–Kier alpha value is -1.68. The van der Waals surface area contributed by atoms with Gasteiger partial charge in [-0.1, -0.05) is 11.6 Å². The highest BCUT2D eigenvalue weighted by molar-refractivity contribution is 6.31. The number of aromatic amines is 1. The highest BCUT2D eigenvalue weighted by atomic mass is 35.5. The summed E-state index contributed by atoms with van der Waals surface area (Å²) in [6.45, 7) is 5.60. The molecular formula is C17H20ClN3O. The highest BCUT2D eigenvalue weighted by Crippen LogP contribution is 2.42. The van der Waals surface area contributed by atoms with E-state index in [1.54, 1.807) is 6.92 Å². The fourth-order valence-electron chi connectivity index (χ4n) is 3.90. The van der Waals surface area contributed by atoms with E-state index in [1.165, 1.54) is 11.1 Å². The van der Waals surface area contributed by atoms with Crippen LogP contribution in [0, 0.1) is 5.41 Å². The fourth-order valence-corrected chi connectivity index (χ4v) is 4.11. The minimum absolute atomic E-state index is 0.205. The van der Waals surface area contributed by atoms with Gasteiger partial charge in [-0.3, -0.25) is 4.79 Å². The number of hydrogen-bond acceptors (Lipinski definition) is 2. The summed E-state index contributed by atoms with van der Waals surface area (Å²) in [6, 6.07) is 6.16. The third kappa shape index (κ3) is 2.17. The lowest BCUT2D eigenvalue weighted by Crippen LogP contribution is -2.61. The molecule has 0 bridgehead atoms. The Morgan fingerprint density at radius 1 is 1.27 bits per heavy atom. The first kappa shape index (κ1) is 13.9. The van der Waals surface area contributed by atoms with Crippen LogP contribution in [0.3, 0.4) is 0 Å². The molecule has 2 fully saturated rings. The van der Waals surface area contributed by atoms with Gasteiger partial charge in [-0.25, -0.2) is 0 Å². The Labute approximate surface area is 135 Å². The van der Waals surface area contributed by atoms with Crippen LogP contribution in [0.15, 0.2) is 24.4 Å². The number of anilines is 1. The largest absolute Gasteiger partial charge is 0.371 e. The van der Waals surface area contributed by atoms with Gasteiger partial charge in [0.2, 0.25) is 5.91 Å². The molecule has 1 aromatic heterocycles. The van der Waals surface area contributed by atoms with Crippen molar-refractivity contribution in [1.29, 1.82) is 0 Å². The first-order chi connectivity index (χ1) is 10.6. The topological polar surface area (TPSA) is 39.3 Å². The van der Waals surface area contributed by atoms with Crippen molar-refractivity contribution in [2.45, 2.75) is 19.8 Å². The number of H-pyrrole nitrogens is 1. The molecular weight excluding hydrogens is 298 g/mol. The predicted molar refractivity (Wildman–Crippen MR) is 89.4 cm³/mol. The van der Waals surface area contributed by atoms with E-state index in [2.05, 4.69) is 22.0 Å². The maximum Gasteiger partial charge on any atom is 0.219 e. The van der Waals surface area contributed by atoms with Crippen molar-refractivity contribution in [3.63, 3.8) is 0 Å². The van der Waals surface area contributed by atoms with E-state index in [-0.39, 0.29) is 5.91 Å². The number of nitrogens with zero attached hydrogens (tertiary/aromatic N) is 2. The number of carbonyl (C=O) groups is 1. The fraction of sp³-hybridized carbons (Fsp3) is 0.471. The lowest BCUT2D eigenvalue weighted by Gasteiger charge is -2.54. The zero-order chi connectivity index (χ0) is 15.3. The van der Waals surface area contributed by atoms with Crippen molar-refractivity contribution >= 4 is 34.1 Å². The van der Waals surface area contributed by atoms with Gasteiger partial charge in [-0.2, -0.15) is 0 Å². The molecule has 22 heavy (non-hydrogen) atoms. The molecule has 2 aliphatic rings. The van der Waals surface area contributed by atoms with E-state index >= 15 is 0 Å². The van der Waals surface area contributed by atoms with Crippen molar-refractivity contribution in [2.24, 2.45) is 5.41 Å². The third-order valence-electron chi connectivity index (χ3n) is 5.27. The van der Waals surface area contributed by atoms with E-state index in [4.69, 9.17) is 11.6 Å². The minimum atomic E-state index is 0.205. The van der Waals surface area contributed by atoms with Crippen molar-refractivity contribution < 1.29 is 4.79 Å². The molecule has 4 rings (SSSR count). The van der Waals surface area contributed by atoms with Gasteiger partial charge in [0.25, 0.3) is 0 Å². The summed E-state index contributed by atoms with van der Waals surface area (Å²) in [7, 11) is 0. The van der Waals surface area contributed by atoms with Crippen LogP contribution >= 0.6 is 11.6 Å². The Morgan fingerprint density at radius 2 is 2.00 bits per heavy atom. The number of nitrogens with one attached hydrogen (secondary N) is 1. The van der Waals surface area contributed by atoms with Gasteiger partial charge in [-0.05, 0) is 31.0 Å².